The standard InChI is InChI=1S/C24H32O6/c1-22-8-7-19-16(18(22)4-3-17(22)14-11-20(26)30-13-14)6-9-23(28)12-15(25)5-10-24(19,23)21(27)29-2/h4,11,15-17,19,25,28H,3,5-10,12-13H2,1-2H3/t15?,16?,17-,19?,22?,23?,24?/m0/s1. The second kappa shape index (κ2) is 6.67. The summed E-state index contributed by atoms with van der Waals surface area (Å²) in [6.07, 6.45) is 8.62. The van der Waals surface area contributed by atoms with Crippen LogP contribution in [0.4, 0.5) is 0 Å². The lowest BCUT2D eigenvalue weighted by Crippen LogP contribution is -2.66. The van der Waals surface area contributed by atoms with Crippen LogP contribution in [0.1, 0.15) is 58.3 Å². The largest absolute Gasteiger partial charge is 0.468 e. The molecule has 6 unspecified atom stereocenters. The van der Waals surface area contributed by atoms with Crippen molar-refractivity contribution < 1.29 is 29.3 Å². The van der Waals surface area contributed by atoms with Gasteiger partial charge in [0.15, 0.2) is 0 Å². The predicted octanol–water partition coefficient (Wildman–Crippen LogP) is 2.68. The lowest BCUT2D eigenvalue weighted by Gasteiger charge is -2.62. The number of hydrogen-bond donors (Lipinski definition) is 2. The molecule has 0 bridgehead atoms. The van der Waals surface area contributed by atoms with Crippen molar-refractivity contribution in [2.24, 2.45) is 28.6 Å². The van der Waals surface area contributed by atoms with Crippen LogP contribution in [0.3, 0.4) is 0 Å². The highest BCUT2D eigenvalue weighted by molar-refractivity contribution is 5.85. The fourth-order valence-electron chi connectivity index (χ4n) is 7.98. The maximum absolute atomic E-state index is 13.2. The molecule has 5 rings (SSSR count). The summed E-state index contributed by atoms with van der Waals surface area (Å²) in [4.78, 5) is 24.9. The van der Waals surface area contributed by atoms with Gasteiger partial charge in [0.25, 0.3) is 0 Å². The van der Waals surface area contributed by atoms with Gasteiger partial charge in [-0.3, -0.25) is 4.79 Å². The van der Waals surface area contributed by atoms with Crippen LogP contribution in [0.5, 0.6) is 0 Å². The van der Waals surface area contributed by atoms with E-state index in [4.69, 9.17) is 9.47 Å². The Hall–Kier alpha value is -1.66. The van der Waals surface area contributed by atoms with Crippen LogP contribution in [0.25, 0.3) is 0 Å². The smallest absolute Gasteiger partial charge is 0.331 e. The number of carbonyl (C=O) groups is 2. The van der Waals surface area contributed by atoms with Crippen molar-refractivity contribution >= 4 is 11.9 Å². The minimum Gasteiger partial charge on any atom is -0.468 e. The number of aliphatic hydroxyl groups is 2. The molecule has 0 aromatic carbocycles. The van der Waals surface area contributed by atoms with Crippen molar-refractivity contribution in [3.63, 3.8) is 0 Å². The summed E-state index contributed by atoms with van der Waals surface area (Å²) in [5.41, 5.74) is 0.278. The molecule has 5 aliphatic rings. The Balaban J connectivity index is 1.51. The maximum Gasteiger partial charge on any atom is 0.331 e. The third-order valence-electron chi connectivity index (χ3n) is 9.32. The van der Waals surface area contributed by atoms with Gasteiger partial charge in [-0.2, -0.15) is 0 Å². The first-order valence-electron chi connectivity index (χ1n) is 11.3. The molecule has 1 heterocycles. The Morgan fingerprint density at radius 1 is 1.23 bits per heavy atom. The van der Waals surface area contributed by atoms with Crippen molar-refractivity contribution in [3.05, 3.63) is 23.3 Å². The molecule has 164 valence electrons. The van der Waals surface area contributed by atoms with Crippen LogP contribution >= 0.6 is 0 Å². The molecule has 1 aliphatic heterocycles. The summed E-state index contributed by atoms with van der Waals surface area (Å²) in [7, 11) is 1.41. The SMILES string of the molecule is COC(=O)C12CCC(O)CC1(O)CCC1C3=CC[C@@H](C4=CC(=O)OC4)C3(C)CCC12. The number of cyclic esters (lactones) is 1. The third-order valence-corrected chi connectivity index (χ3v) is 9.32. The van der Waals surface area contributed by atoms with Crippen molar-refractivity contribution in [2.45, 2.75) is 70.0 Å². The summed E-state index contributed by atoms with van der Waals surface area (Å²) >= 11 is 0. The predicted molar refractivity (Wildman–Crippen MR) is 108 cm³/mol. The quantitative estimate of drug-likeness (QED) is 0.531. The number of ether oxygens (including phenoxy) is 2. The molecule has 2 N–H and O–H groups in total. The zero-order valence-electron chi connectivity index (χ0n) is 17.9. The van der Waals surface area contributed by atoms with Crippen molar-refractivity contribution in [1.82, 2.24) is 0 Å². The van der Waals surface area contributed by atoms with Crippen LogP contribution in [0.2, 0.25) is 0 Å². The molecule has 0 aromatic heterocycles. The lowest BCUT2D eigenvalue weighted by molar-refractivity contribution is -0.225. The van der Waals surface area contributed by atoms with E-state index in [1.807, 2.05) is 0 Å². The minimum absolute atomic E-state index is 0.0183. The number of rotatable bonds is 2. The molecule has 30 heavy (non-hydrogen) atoms. The number of allylic oxidation sites excluding steroid dienone is 2. The summed E-state index contributed by atoms with van der Waals surface area (Å²) < 4.78 is 10.5. The average molecular weight is 417 g/mol. The van der Waals surface area contributed by atoms with E-state index in [1.165, 1.54) is 12.7 Å². The average Bonchev–Trinajstić information content (AvgIpc) is 3.29. The van der Waals surface area contributed by atoms with Crippen molar-refractivity contribution in [3.8, 4) is 0 Å². The van der Waals surface area contributed by atoms with Crippen LogP contribution in [-0.4, -0.2) is 47.6 Å². The molecule has 3 saturated carbocycles. The van der Waals surface area contributed by atoms with E-state index in [0.29, 0.717) is 25.9 Å². The van der Waals surface area contributed by atoms with Gasteiger partial charge < -0.3 is 19.7 Å². The maximum atomic E-state index is 13.2. The molecule has 3 fully saturated rings. The lowest BCUT2D eigenvalue weighted by atomic mass is 9.43. The van der Waals surface area contributed by atoms with E-state index < -0.39 is 17.1 Å². The number of aliphatic hydroxyl groups excluding tert-OH is 1. The van der Waals surface area contributed by atoms with Crippen molar-refractivity contribution in [1.29, 1.82) is 0 Å². The second-order valence-electron chi connectivity index (χ2n) is 10.4. The van der Waals surface area contributed by atoms with Gasteiger partial charge in [-0.1, -0.05) is 18.6 Å². The van der Waals surface area contributed by atoms with Crippen LogP contribution in [0, 0.1) is 28.6 Å². The summed E-state index contributed by atoms with van der Waals surface area (Å²) in [6, 6.07) is 0. The minimum atomic E-state index is -1.21. The Morgan fingerprint density at radius 2 is 2.03 bits per heavy atom. The Morgan fingerprint density at radius 3 is 2.73 bits per heavy atom. The third kappa shape index (κ3) is 2.49. The van der Waals surface area contributed by atoms with E-state index in [0.717, 1.165) is 31.3 Å². The van der Waals surface area contributed by atoms with E-state index in [-0.39, 0.29) is 41.5 Å². The molecule has 0 aromatic rings. The second-order valence-corrected chi connectivity index (χ2v) is 10.4. The van der Waals surface area contributed by atoms with E-state index in [1.54, 1.807) is 6.08 Å². The number of carbonyl (C=O) groups excluding carboxylic acids is 2. The summed E-state index contributed by atoms with van der Waals surface area (Å²) in [5, 5.41) is 21.9. The molecular weight excluding hydrogens is 384 g/mol. The fourth-order valence-corrected chi connectivity index (χ4v) is 7.98. The molecule has 0 saturated heterocycles. The first-order valence-corrected chi connectivity index (χ1v) is 11.3. The van der Waals surface area contributed by atoms with Gasteiger partial charge >= 0.3 is 11.9 Å². The van der Waals surface area contributed by atoms with Crippen molar-refractivity contribution in [2.75, 3.05) is 13.7 Å². The number of hydrogen-bond acceptors (Lipinski definition) is 6. The molecule has 4 aliphatic carbocycles. The van der Waals surface area contributed by atoms with Crippen LogP contribution in [-0.2, 0) is 19.1 Å². The van der Waals surface area contributed by atoms with Gasteiger partial charge in [-0.05, 0) is 73.7 Å². The first-order chi connectivity index (χ1) is 14.2. The zero-order chi connectivity index (χ0) is 21.3. The van der Waals surface area contributed by atoms with Gasteiger partial charge in [0, 0.05) is 12.5 Å². The molecule has 0 spiro atoms. The first kappa shape index (κ1) is 20.3. The molecule has 0 radical (unpaired) electrons. The Kier molecular flexibility index (Phi) is 4.50. The fraction of sp³-hybridized carbons (Fsp3) is 0.750. The number of fused-ring (bicyclic) bond motifs is 5. The molecule has 7 atom stereocenters. The van der Waals surface area contributed by atoms with Gasteiger partial charge in [0.2, 0.25) is 0 Å². The number of methoxy groups -OCH3 is 1. The molecule has 6 nitrogen and oxygen atoms in total. The molecular formula is C24H32O6. The van der Waals surface area contributed by atoms with Gasteiger partial charge in [0.05, 0.1) is 18.8 Å². The van der Waals surface area contributed by atoms with E-state index >= 15 is 0 Å². The number of esters is 2. The topological polar surface area (TPSA) is 93.1 Å². The normalized spacial score (nSPS) is 47.4. The van der Waals surface area contributed by atoms with Gasteiger partial charge in [-0.15, -0.1) is 0 Å². The highest BCUT2D eigenvalue weighted by Crippen LogP contribution is 2.68. The van der Waals surface area contributed by atoms with E-state index in [9.17, 15) is 19.8 Å². The Bertz CT molecular complexity index is 845. The monoisotopic (exact) mass is 416 g/mol. The summed E-state index contributed by atoms with van der Waals surface area (Å²) in [6.45, 7) is 2.69. The highest BCUT2D eigenvalue weighted by atomic mass is 16.5. The van der Waals surface area contributed by atoms with Gasteiger partial charge in [0.1, 0.15) is 12.0 Å². The molecule has 0 amide bonds. The van der Waals surface area contributed by atoms with E-state index in [2.05, 4.69) is 13.0 Å². The van der Waals surface area contributed by atoms with Crippen LogP contribution < -0.4 is 0 Å². The highest BCUT2D eigenvalue weighted by Gasteiger charge is 2.68. The summed E-state index contributed by atoms with van der Waals surface area (Å²) in [5.74, 6) is -0.0543. The van der Waals surface area contributed by atoms with Crippen LogP contribution in [0.15, 0.2) is 23.3 Å². The Labute approximate surface area is 177 Å². The molecule has 6 heteroatoms. The zero-order valence-corrected chi connectivity index (χ0v) is 17.9. The van der Waals surface area contributed by atoms with Gasteiger partial charge in [-0.25, -0.2) is 4.79 Å².